The molecule has 1 saturated carbocycles. The summed E-state index contributed by atoms with van der Waals surface area (Å²) in [6, 6.07) is 0. The molecule has 0 amide bonds. The Morgan fingerprint density at radius 2 is 1.24 bits per heavy atom. The first-order valence-corrected chi connectivity index (χ1v) is 10.7. The van der Waals surface area contributed by atoms with Gasteiger partial charge in [0.15, 0.2) is 0 Å². The molecule has 0 aromatic heterocycles. The van der Waals surface area contributed by atoms with E-state index in [9.17, 15) is 0 Å². The van der Waals surface area contributed by atoms with Crippen LogP contribution in [0.4, 0.5) is 0 Å². The highest BCUT2D eigenvalue weighted by Crippen LogP contribution is 2.52. The molecule has 0 bridgehead atoms. The van der Waals surface area contributed by atoms with Crippen LogP contribution in [0.3, 0.4) is 0 Å². The molecule has 0 aromatic carbocycles. The lowest BCUT2D eigenvalue weighted by molar-refractivity contribution is 0.0172. The molecule has 1 spiro atoms. The lowest BCUT2D eigenvalue weighted by atomic mass is 9.61. The van der Waals surface area contributed by atoms with E-state index >= 15 is 0 Å². The second-order valence-corrected chi connectivity index (χ2v) is 11.9. The molecular formula is C22H43N3. The highest BCUT2D eigenvalue weighted by Gasteiger charge is 2.48. The second-order valence-electron chi connectivity index (χ2n) is 11.9. The molecule has 2 saturated heterocycles. The third-order valence-electron chi connectivity index (χ3n) is 6.34. The summed E-state index contributed by atoms with van der Waals surface area (Å²) in [4.78, 5) is 8.15. The van der Waals surface area contributed by atoms with Crippen molar-refractivity contribution in [1.82, 2.24) is 14.7 Å². The number of piperazine rings is 1. The van der Waals surface area contributed by atoms with Crippen LogP contribution in [0.2, 0.25) is 0 Å². The van der Waals surface area contributed by atoms with Crippen LogP contribution >= 0.6 is 0 Å². The predicted octanol–water partition coefficient (Wildman–Crippen LogP) is 3.80. The summed E-state index contributed by atoms with van der Waals surface area (Å²) in [5, 5.41) is 0. The predicted molar refractivity (Wildman–Crippen MR) is 108 cm³/mol. The largest absolute Gasteiger partial charge is 0.302 e. The lowest BCUT2D eigenvalue weighted by Crippen LogP contribution is -2.52. The molecule has 0 aromatic rings. The Kier molecular flexibility index (Phi) is 5.60. The lowest BCUT2D eigenvalue weighted by Gasteiger charge is -2.48. The Morgan fingerprint density at radius 1 is 0.720 bits per heavy atom. The minimum absolute atomic E-state index is 0.434. The summed E-state index contributed by atoms with van der Waals surface area (Å²) in [6.45, 7) is 25.9. The zero-order valence-electron chi connectivity index (χ0n) is 17.9. The van der Waals surface area contributed by atoms with Crippen molar-refractivity contribution in [2.45, 2.75) is 60.8 Å². The summed E-state index contributed by atoms with van der Waals surface area (Å²) < 4.78 is 0. The molecule has 0 unspecified atom stereocenters. The van der Waals surface area contributed by atoms with E-state index in [1.165, 1.54) is 78.2 Å². The molecule has 146 valence electrons. The quantitative estimate of drug-likeness (QED) is 0.764. The fourth-order valence-electron chi connectivity index (χ4n) is 5.63. The van der Waals surface area contributed by atoms with Crippen LogP contribution in [-0.2, 0) is 0 Å². The van der Waals surface area contributed by atoms with Crippen LogP contribution in [0.15, 0.2) is 0 Å². The average molecular weight is 350 g/mol. The van der Waals surface area contributed by atoms with E-state index < -0.39 is 0 Å². The Bertz CT molecular complexity index is 431. The molecule has 3 heteroatoms. The van der Waals surface area contributed by atoms with E-state index in [2.05, 4.69) is 56.2 Å². The van der Waals surface area contributed by atoms with Crippen molar-refractivity contribution < 1.29 is 0 Å². The van der Waals surface area contributed by atoms with Crippen molar-refractivity contribution >= 4 is 0 Å². The maximum absolute atomic E-state index is 2.75. The number of hydrogen-bond donors (Lipinski definition) is 0. The van der Waals surface area contributed by atoms with Gasteiger partial charge in [-0.3, -0.25) is 0 Å². The fourth-order valence-corrected chi connectivity index (χ4v) is 5.63. The van der Waals surface area contributed by atoms with Crippen molar-refractivity contribution in [3.8, 4) is 0 Å². The minimum atomic E-state index is 0.434. The Morgan fingerprint density at radius 3 is 1.80 bits per heavy atom. The topological polar surface area (TPSA) is 9.72 Å². The van der Waals surface area contributed by atoms with Crippen LogP contribution in [0.1, 0.15) is 60.8 Å². The molecular weight excluding hydrogens is 306 g/mol. The van der Waals surface area contributed by atoms with Crippen LogP contribution in [0, 0.1) is 22.2 Å². The van der Waals surface area contributed by atoms with Crippen molar-refractivity contribution in [2.24, 2.45) is 22.2 Å². The van der Waals surface area contributed by atoms with Gasteiger partial charge in [-0.1, -0.05) is 41.5 Å². The zero-order chi connectivity index (χ0) is 18.3. The number of likely N-dealkylation sites (tertiary alicyclic amines) is 1. The van der Waals surface area contributed by atoms with Crippen LogP contribution < -0.4 is 0 Å². The highest BCUT2D eigenvalue weighted by atomic mass is 15.3. The Hall–Kier alpha value is -0.120. The molecule has 0 N–H and O–H groups in total. The van der Waals surface area contributed by atoms with Crippen molar-refractivity contribution in [2.75, 3.05) is 58.9 Å². The third kappa shape index (κ3) is 5.68. The fraction of sp³-hybridized carbons (Fsp3) is 1.00. The van der Waals surface area contributed by atoms with E-state index in [0.717, 1.165) is 5.92 Å². The first-order valence-electron chi connectivity index (χ1n) is 10.7. The van der Waals surface area contributed by atoms with Gasteiger partial charge in [0.05, 0.1) is 0 Å². The Balaban J connectivity index is 1.35. The van der Waals surface area contributed by atoms with E-state index in [-0.39, 0.29) is 0 Å². The van der Waals surface area contributed by atoms with Crippen LogP contribution in [0.25, 0.3) is 0 Å². The van der Waals surface area contributed by atoms with Gasteiger partial charge in [0.1, 0.15) is 0 Å². The minimum Gasteiger partial charge on any atom is -0.302 e. The van der Waals surface area contributed by atoms with Gasteiger partial charge in [-0.15, -0.1) is 0 Å². The normalized spacial score (nSPS) is 33.1. The number of rotatable bonds is 4. The molecule has 0 radical (unpaired) electrons. The standard InChI is InChI=1S/C22H43N3/c1-20(2,3)16-24-11-9-23(10-12-24)15-19-13-22(14-19)7-8-25(18-22)17-21(4,5)6/h19H,7-18H2,1-6H3. The van der Waals surface area contributed by atoms with Gasteiger partial charge in [-0.2, -0.15) is 0 Å². The van der Waals surface area contributed by atoms with Crippen molar-refractivity contribution in [3.63, 3.8) is 0 Å². The molecule has 3 rings (SSSR count). The van der Waals surface area contributed by atoms with Gasteiger partial charge >= 0.3 is 0 Å². The smallest absolute Gasteiger partial charge is 0.0110 e. The zero-order valence-corrected chi connectivity index (χ0v) is 17.9. The van der Waals surface area contributed by atoms with Gasteiger partial charge < -0.3 is 14.7 Å². The molecule has 3 aliphatic rings. The average Bonchev–Trinajstić information content (AvgIpc) is 2.80. The summed E-state index contributed by atoms with van der Waals surface area (Å²) in [7, 11) is 0. The first-order chi connectivity index (χ1) is 11.5. The highest BCUT2D eigenvalue weighted by molar-refractivity contribution is 5.01. The van der Waals surface area contributed by atoms with Gasteiger partial charge in [0.2, 0.25) is 0 Å². The number of hydrogen-bond acceptors (Lipinski definition) is 3. The van der Waals surface area contributed by atoms with E-state index in [4.69, 9.17) is 0 Å². The van der Waals surface area contributed by atoms with Gasteiger partial charge in [-0.05, 0) is 48.0 Å². The molecule has 3 fully saturated rings. The van der Waals surface area contributed by atoms with Gasteiger partial charge in [-0.25, -0.2) is 0 Å². The SMILES string of the molecule is CC(C)(C)CN1CCN(CC2CC3(CCN(CC(C)(C)C)C3)C2)CC1. The summed E-state index contributed by atoms with van der Waals surface area (Å²) in [5.41, 5.74) is 1.58. The maximum Gasteiger partial charge on any atom is 0.0110 e. The van der Waals surface area contributed by atoms with E-state index in [1.54, 1.807) is 0 Å². The maximum atomic E-state index is 2.75. The van der Waals surface area contributed by atoms with Crippen molar-refractivity contribution in [1.29, 1.82) is 0 Å². The van der Waals surface area contributed by atoms with Crippen LogP contribution in [-0.4, -0.2) is 73.6 Å². The summed E-state index contributed by atoms with van der Waals surface area (Å²) in [6.07, 6.45) is 4.45. The second kappa shape index (κ2) is 7.13. The molecule has 25 heavy (non-hydrogen) atoms. The van der Waals surface area contributed by atoms with E-state index in [1.807, 2.05) is 0 Å². The van der Waals surface area contributed by atoms with Crippen LogP contribution in [0.5, 0.6) is 0 Å². The summed E-state index contributed by atoms with van der Waals surface area (Å²) >= 11 is 0. The Labute approximate surface area is 157 Å². The monoisotopic (exact) mass is 349 g/mol. The molecule has 3 nitrogen and oxygen atoms in total. The van der Waals surface area contributed by atoms with Crippen molar-refractivity contribution in [3.05, 3.63) is 0 Å². The molecule has 1 aliphatic carbocycles. The molecule has 2 aliphatic heterocycles. The molecule has 2 heterocycles. The van der Waals surface area contributed by atoms with Gasteiger partial charge in [0.25, 0.3) is 0 Å². The van der Waals surface area contributed by atoms with E-state index in [0.29, 0.717) is 16.2 Å². The number of nitrogens with zero attached hydrogens (tertiary/aromatic N) is 3. The third-order valence-corrected chi connectivity index (χ3v) is 6.34. The van der Waals surface area contributed by atoms with Gasteiger partial charge in [0, 0.05) is 52.4 Å². The first kappa shape index (κ1) is 19.6. The summed E-state index contributed by atoms with van der Waals surface area (Å²) in [5.74, 6) is 0.976. The molecule has 0 atom stereocenters.